The summed E-state index contributed by atoms with van der Waals surface area (Å²) >= 11 is 40.3. The summed E-state index contributed by atoms with van der Waals surface area (Å²) in [5.41, 5.74) is 0.903. The van der Waals surface area contributed by atoms with Crippen LogP contribution >= 0.6 is 81.2 Å². The predicted octanol–water partition coefficient (Wildman–Crippen LogP) is 8.19. The molecule has 13 heteroatoms. The first-order valence-corrected chi connectivity index (χ1v) is 13.5. The second-order valence-electron chi connectivity index (χ2n) is 8.20. The van der Waals surface area contributed by atoms with Crippen LogP contribution in [0.15, 0.2) is 24.3 Å². The van der Waals surface area contributed by atoms with E-state index in [0.29, 0.717) is 11.6 Å². The number of carbonyl (C=O) groups excluding carboxylic acids is 2. The Bertz CT molecular complexity index is 840. The van der Waals surface area contributed by atoms with Crippen molar-refractivity contribution in [3.05, 3.63) is 34.9 Å². The Kier molecular flexibility index (Phi) is 12.0. The number of alkyl halides is 6. The highest BCUT2D eigenvalue weighted by Gasteiger charge is 2.45. The highest BCUT2D eigenvalue weighted by atomic mass is 35.6. The molecule has 1 aliphatic rings. The monoisotopic (exact) mass is 629 g/mol. The van der Waals surface area contributed by atoms with Gasteiger partial charge in [0.2, 0.25) is 7.59 Å². The Morgan fingerprint density at radius 2 is 1.49 bits per heavy atom. The summed E-state index contributed by atoms with van der Waals surface area (Å²) in [6, 6.07) is 7.28. The zero-order valence-electron chi connectivity index (χ0n) is 19.0. The van der Waals surface area contributed by atoms with Crippen LogP contribution in [0.25, 0.3) is 0 Å². The molecular formula is C22H26Cl7NO5. The summed E-state index contributed by atoms with van der Waals surface area (Å²) < 4.78 is 12.3. The molecule has 2 rings (SSSR count). The van der Waals surface area contributed by atoms with Crippen LogP contribution in [0, 0.1) is 11.8 Å². The maximum atomic E-state index is 12.9. The van der Waals surface area contributed by atoms with Crippen molar-refractivity contribution in [3.8, 4) is 0 Å². The van der Waals surface area contributed by atoms with E-state index in [1.165, 1.54) is 4.90 Å². The third-order valence-electron chi connectivity index (χ3n) is 5.82. The maximum absolute atomic E-state index is 12.9. The number of nitrogens with zero attached hydrogens (tertiary/aromatic N) is 1. The molecule has 0 radical (unpaired) electrons. The molecule has 0 spiro atoms. The fourth-order valence-corrected chi connectivity index (χ4v) is 4.78. The van der Waals surface area contributed by atoms with E-state index in [1.54, 1.807) is 12.1 Å². The van der Waals surface area contributed by atoms with Crippen LogP contribution in [0.2, 0.25) is 5.02 Å². The lowest BCUT2D eigenvalue weighted by molar-refractivity contribution is -0.0399. The summed E-state index contributed by atoms with van der Waals surface area (Å²) in [5, 5.41) is 0.570. The molecule has 6 nitrogen and oxygen atoms in total. The molecule has 0 saturated carbocycles. The average Bonchev–Trinajstić information content (AvgIpc) is 2.76. The first kappa shape index (κ1) is 31.0. The van der Waals surface area contributed by atoms with E-state index in [1.807, 2.05) is 12.1 Å². The number of likely N-dealkylation sites (tertiary alicyclic amines) is 1. The number of amides is 1. The summed E-state index contributed by atoms with van der Waals surface area (Å²) in [7, 11) is 0. The molecule has 1 aliphatic heterocycles. The van der Waals surface area contributed by atoms with Crippen LogP contribution in [-0.4, -0.2) is 57.1 Å². The molecule has 1 amide bonds. The van der Waals surface area contributed by atoms with Gasteiger partial charge in [-0.15, -0.1) is 0 Å². The van der Waals surface area contributed by atoms with Crippen molar-refractivity contribution in [2.45, 2.75) is 46.3 Å². The van der Waals surface area contributed by atoms with E-state index in [-0.39, 0.29) is 24.3 Å². The Labute approximate surface area is 240 Å². The van der Waals surface area contributed by atoms with Crippen LogP contribution in [-0.2, 0) is 14.2 Å². The van der Waals surface area contributed by atoms with Crippen LogP contribution in [0.4, 0.5) is 9.59 Å². The minimum absolute atomic E-state index is 0.0193. The van der Waals surface area contributed by atoms with Crippen LogP contribution < -0.4 is 0 Å². The van der Waals surface area contributed by atoms with Crippen LogP contribution in [0.5, 0.6) is 0 Å². The van der Waals surface area contributed by atoms with Gasteiger partial charge in [0.1, 0.15) is 19.3 Å². The standard InChI is InChI=1S/C22H26Cl7NO5/c1-3-13(4-2)16-9-30(19(31)33-11-21(24,25)26)10-17(35-20(32)34-12-22(27,28)29)18(16)14-5-7-15(23)8-6-14/h5-8,13,16-18H,3-4,9-12H2,1-2H3. The number of carbonyl (C=O) groups is 2. The van der Waals surface area contributed by atoms with E-state index in [2.05, 4.69) is 13.8 Å². The Morgan fingerprint density at radius 3 is 2.00 bits per heavy atom. The molecule has 0 bridgehead atoms. The van der Waals surface area contributed by atoms with E-state index < -0.39 is 39.2 Å². The number of rotatable bonds is 7. The lowest BCUT2D eigenvalue weighted by Crippen LogP contribution is -2.54. The minimum Gasteiger partial charge on any atom is -0.445 e. The molecular weight excluding hydrogens is 606 g/mol. The van der Waals surface area contributed by atoms with E-state index >= 15 is 0 Å². The fourth-order valence-electron chi connectivity index (χ4n) is 4.33. The number of halogens is 7. The number of piperidine rings is 1. The van der Waals surface area contributed by atoms with Crippen molar-refractivity contribution < 1.29 is 23.8 Å². The zero-order valence-corrected chi connectivity index (χ0v) is 24.3. The smallest absolute Gasteiger partial charge is 0.445 e. The number of hydrogen-bond donors (Lipinski definition) is 0. The lowest BCUT2D eigenvalue weighted by atomic mass is 9.70. The quantitative estimate of drug-likeness (QED) is 0.224. The Morgan fingerprint density at radius 1 is 0.943 bits per heavy atom. The van der Waals surface area contributed by atoms with Gasteiger partial charge in [0.25, 0.3) is 0 Å². The minimum atomic E-state index is -1.80. The van der Waals surface area contributed by atoms with Gasteiger partial charge in [-0.25, -0.2) is 9.59 Å². The van der Waals surface area contributed by atoms with Gasteiger partial charge in [0.05, 0.1) is 6.54 Å². The van der Waals surface area contributed by atoms with Gasteiger partial charge in [-0.1, -0.05) is 120 Å². The molecule has 0 aliphatic carbocycles. The Hall–Kier alpha value is -0.210. The normalized spacial score (nSPS) is 21.1. The van der Waals surface area contributed by atoms with Crippen molar-refractivity contribution in [2.24, 2.45) is 11.8 Å². The molecule has 198 valence electrons. The lowest BCUT2D eigenvalue weighted by Gasteiger charge is -2.45. The van der Waals surface area contributed by atoms with Gasteiger partial charge in [-0.05, 0) is 29.5 Å². The maximum Gasteiger partial charge on any atom is 0.508 e. The average molecular weight is 633 g/mol. The van der Waals surface area contributed by atoms with Crippen LogP contribution in [0.3, 0.4) is 0 Å². The largest absolute Gasteiger partial charge is 0.508 e. The molecule has 0 N–H and O–H groups in total. The zero-order chi connectivity index (χ0) is 26.4. The fraction of sp³-hybridized carbons (Fsp3) is 0.636. The molecule has 1 fully saturated rings. The number of ether oxygens (including phenoxy) is 3. The van der Waals surface area contributed by atoms with Gasteiger partial charge < -0.3 is 19.1 Å². The van der Waals surface area contributed by atoms with Crippen LogP contribution in [0.1, 0.15) is 38.2 Å². The molecule has 1 aromatic rings. The summed E-state index contributed by atoms with van der Waals surface area (Å²) in [6.45, 7) is 3.57. The van der Waals surface area contributed by atoms with Gasteiger partial charge in [0.15, 0.2) is 0 Å². The first-order chi connectivity index (χ1) is 16.2. The van der Waals surface area contributed by atoms with E-state index in [0.717, 1.165) is 18.4 Å². The van der Waals surface area contributed by atoms with Crippen molar-refractivity contribution in [2.75, 3.05) is 26.3 Å². The molecule has 0 aromatic heterocycles. The van der Waals surface area contributed by atoms with Gasteiger partial charge >= 0.3 is 12.2 Å². The summed E-state index contributed by atoms with van der Waals surface area (Å²) in [6.07, 6.45) is -0.830. The van der Waals surface area contributed by atoms with Crippen molar-refractivity contribution in [3.63, 3.8) is 0 Å². The highest BCUT2D eigenvalue weighted by Crippen LogP contribution is 2.42. The summed E-state index contributed by atoms with van der Waals surface area (Å²) in [4.78, 5) is 26.8. The molecule has 1 heterocycles. The third-order valence-corrected chi connectivity index (χ3v) is 6.73. The van der Waals surface area contributed by atoms with E-state index in [9.17, 15) is 9.59 Å². The summed E-state index contributed by atoms with van der Waals surface area (Å²) in [5.74, 6) is -0.163. The van der Waals surface area contributed by atoms with Gasteiger partial charge in [-0.3, -0.25) is 0 Å². The topological polar surface area (TPSA) is 65.1 Å². The van der Waals surface area contributed by atoms with E-state index in [4.69, 9.17) is 95.4 Å². The Balaban J connectivity index is 2.38. The number of benzene rings is 1. The second kappa shape index (κ2) is 13.5. The second-order valence-corrected chi connectivity index (χ2v) is 13.7. The van der Waals surface area contributed by atoms with Gasteiger partial charge in [-0.2, -0.15) is 0 Å². The molecule has 35 heavy (non-hydrogen) atoms. The van der Waals surface area contributed by atoms with Gasteiger partial charge in [0, 0.05) is 17.5 Å². The molecule has 3 unspecified atom stereocenters. The van der Waals surface area contributed by atoms with Crippen molar-refractivity contribution in [1.82, 2.24) is 4.90 Å². The predicted molar refractivity (Wildman–Crippen MR) is 141 cm³/mol. The third kappa shape index (κ3) is 10.2. The molecule has 1 aromatic carbocycles. The molecule has 1 saturated heterocycles. The first-order valence-electron chi connectivity index (χ1n) is 10.9. The van der Waals surface area contributed by atoms with Crippen molar-refractivity contribution in [1.29, 1.82) is 0 Å². The molecule has 3 atom stereocenters. The van der Waals surface area contributed by atoms with Crippen molar-refractivity contribution >= 4 is 93.5 Å². The SMILES string of the molecule is CCC(CC)C1CN(C(=O)OCC(Cl)(Cl)Cl)CC(OC(=O)OCC(Cl)(Cl)Cl)C1c1ccc(Cl)cc1. The number of hydrogen-bond acceptors (Lipinski definition) is 5. The highest BCUT2D eigenvalue weighted by molar-refractivity contribution is 6.68.